The second kappa shape index (κ2) is 6.23. The molecule has 1 aromatic carbocycles. The molecule has 0 saturated heterocycles. The van der Waals surface area contributed by atoms with Crippen LogP contribution in [-0.4, -0.2) is 16.6 Å². The average molecular weight is 246 g/mol. The topological polar surface area (TPSA) is 45.1 Å². The number of benzene rings is 1. The lowest BCUT2D eigenvalue weighted by atomic mass is 10.1. The van der Waals surface area contributed by atoms with Gasteiger partial charge in [-0.1, -0.05) is 12.1 Å². The summed E-state index contributed by atoms with van der Waals surface area (Å²) in [5, 5.41) is 13.0. The molecular formula is C14H15FN2O. The molecule has 2 N–H and O–H groups in total. The first-order valence-corrected chi connectivity index (χ1v) is 5.79. The maximum Gasteiger partial charge on any atom is 0.123 e. The van der Waals surface area contributed by atoms with E-state index in [1.165, 1.54) is 12.1 Å². The molecule has 0 saturated carbocycles. The third kappa shape index (κ3) is 3.61. The van der Waals surface area contributed by atoms with E-state index in [1.807, 2.05) is 6.07 Å². The molecule has 1 unspecified atom stereocenters. The van der Waals surface area contributed by atoms with Gasteiger partial charge in [-0.25, -0.2) is 4.39 Å². The zero-order valence-electron chi connectivity index (χ0n) is 9.88. The fourth-order valence-electron chi connectivity index (χ4n) is 1.70. The van der Waals surface area contributed by atoms with Crippen molar-refractivity contribution in [3.05, 3.63) is 65.7 Å². The second-order valence-corrected chi connectivity index (χ2v) is 4.06. The summed E-state index contributed by atoms with van der Waals surface area (Å²) in [7, 11) is 0. The smallest absolute Gasteiger partial charge is 0.123 e. The minimum absolute atomic E-state index is 0.246. The van der Waals surface area contributed by atoms with Crippen molar-refractivity contribution in [3.8, 4) is 0 Å². The van der Waals surface area contributed by atoms with E-state index in [2.05, 4.69) is 10.3 Å². The SMILES string of the molecule is OC(CNCc1cccc(F)c1)c1ccncc1. The van der Waals surface area contributed by atoms with Gasteiger partial charge in [0.05, 0.1) is 6.10 Å². The van der Waals surface area contributed by atoms with E-state index in [-0.39, 0.29) is 5.82 Å². The van der Waals surface area contributed by atoms with E-state index in [0.29, 0.717) is 13.1 Å². The highest BCUT2D eigenvalue weighted by Gasteiger charge is 2.06. The third-order valence-corrected chi connectivity index (χ3v) is 2.65. The summed E-state index contributed by atoms with van der Waals surface area (Å²) in [6.45, 7) is 0.945. The monoisotopic (exact) mass is 246 g/mol. The summed E-state index contributed by atoms with van der Waals surface area (Å²) in [5.74, 6) is -0.246. The van der Waals surface area contributed by atoms with Crippen molar-refractivity contribution in [1.82, 2.24) is 10.3 Å². The largest absolute Gasteiger partial charge is 0.387 e. The number of rotatable bonds is 5. The minimum Gasteiger partial charge on any atom is -0.387 e. The minimum atomic E-state index is -0.582. The molecule has 3 nitrogen and oxygen atoms in total. The van der Waals surface area contributed by atoms with Crippen molar-refractivity contribution in [2.24, 2.45) is 0 Å². The first-order valence-electron chi connectivity index (χ1n) is 5.79. The highest BCUT2D eigenvalue weighted by molar-refractivity contribution is 5.16. The van der Waals surface area contributed by atoms with E-state index in [4.69, 9.17) is 0 Å². The fourth-order valence-corrected chi connectivity index (χ4v) is 1.70. The molecule has 94 valence electrons. The van der Waals surface area contributed by atoms with Crippen LogP contribution < -0.4 is 5.32 Å². The predicted octanol–water partition coefficient (Wildman–Crippen LogP) is 2.04. The number of halogens is 1. The molecule has 1 aromatic heterocycles. The van der Waals surface area contributed by atoms with E-state index in [1.54, 1.807) is 30.6 Å². The van der Waals surface area contributed by atoms with Gasteiger partial charge in [0, 0.05) is 25.5 Å². The number of hydrogen-bond acceptors (Lipinski definition) is 3. The number of nitrogens with one attached hydrogen (secondary N) is 1. The average Bonchev–Trinajstić information content (AvgIpc) is 2.40. The van der Waals surface area contributed by atoms with E-state index in [9.17, 15) is 9.50 Å². The normalized spacial score (nSPS) is 12.3. The maximum atomic E-state index is 12.9. The van der Waals surface area contributed by atoms with Gasteiger partial charge in [-0.2, -0.15) is 0 Å². The van der Waals surface area contributed by atoms with Crippen LogP contribution in [0.5, 0.6) is 0 Å². The Labute approximate surface area is 105 Å². The molecule has 0 radical (unpaired) electrons. The summed E-state index contributed by atoms with van der Waals surface area (Å²) in [6.07, 6.45) is 2.71. The first-order chi connectivity index (χ1) is 8.75. The molecule has 0 aliphatic rings. The summed E-state index contributed by atoms with van der Waals surface area (Å²) in [5.41, 5.74) is 1.67. The summed E-state index contributed by atoms with van der Waals surface area (Å²) < 4.78 is 12.9. The molecule has 18 heavy (non-hydrogen) atoms. The van der Waals surface area contributed by atoms with Gasteiger partial charge in [0.15, 0.2) is 0 Å². The highest BCUT2D eigenvalue weighted by Crippen LogP contribution is 2.10. The Hall–Kier alpha value is -1.78. The molecule has 0 spiro atoms. The molecule has 1 heterocycles. The van der Waals surface area contributed by atoms with Crippen LogP contribution in [0.3, 0.4) is 0 Å². The van der Waals surface area contributed by atoms with Crippen molar-refractivity contribution in [1.29, 1.82) is 0 Å². The highest BCUT2D eigenvalue weighted by atomic mass is 19.1. The third-order valence-electron chi connectivity index (χ3n) is 2.65. The first kappa shape index (κ1) is 12.7. The van der Waals surface area contributed by atoms with Gasteiger partial charge < -0.3 is 10.4 Å². The number of aromatic nitrogens is 1. The molecule has 0 fully saturated rings. The van der Waals surface area contributed by atoms with Crippen LogP contribution in [-0.2, 0) is 6.54 Å². The Morgan fingerprint density at radius 1 is 1.22 bits per heavy atom. The lowest BCUT2D eigenvalue weighted by Gasteiger charge is -2.11. The van der Waals surface area contributed by atoms with Crippen molar-refractivity contribution >= 4 is 0 Å². The van der Waals surface area contributed by atoms with Gasteiger partial charge in [-0.15, -0.1) is 0 Å². The lowest BCUT2D eigenvalue weighted by molar-refractivity contribution is 0.174. The number of nitrogens with zero attached hydrogens (tertiary/aromatic N) is 1. The molecule has 0 aliphatic carbocycles. The van der Waals surface area contributed by atoms with Crippen LogP contribution in [0.1, 0.15) is 17.2 Å². The molecule has 0 aliphatic heterocycles. The van der Waals surface area contributed by atoms with Crippen molar-refractivity contribution in [2.75, 3.05) is 6.54 Å². The molecule has 0 bridgehead atoms. The fraction of sp³-hybridized carbons (Fsp3) is 0.214. The van der Waals surface area contributed by atoms with E-state index in [0.717, 1.165) is 11.1 Å². The van der Waals surface area contributed by atoms with Gasteiger partial charge in [-0.05, 0) is 35.4 Å². The Kier molecular flexibility index (Phi) is 4.39. The van der Waals surface area contributed by atoms with Crippen LogP contribution in [0.2, 0.25) is 0 Å². The van der Waals surface area contributed by atoms with Gasteiger partial charge in [0.25, 0.3) is 0 Å². The molecular weight excluding hydrogens is 231 g/mol. The van der Waals surface area contributed by atoms with Crippen LogP contribution in [0.4, 0.5) is 4.39 Å². The Morgan fingerprint density at radius 2 is 2.00 bits per heavy atom. The molecule has 2 rings (SSSR count). The standard InChI is InChI=1S/C14H15FN2O/c15-13-3-1-2-11(8-13)9-17-10-14(18)12-4-6-16-7-5-12/h1-8,14,17-18H,9-10H2. The van der Waals surface area contributed by atoms with Crippen LogP contribution in [0, 0.1) is 5.82 Å². The van der Waals surface area contributed by atoms with Crippen molar-refractivity contribution in [2.45, 2.75) is 12.6 Å². The Morgan fingerprint density at radius 3 is 2.72 bits per heavy atom. The number of aliphatic hydroxyl groups excluding tert-OH is 1. The van der Waals surface area contributed by atoms with Gasteiger partial charge in [0.1, 0.15) is 5.82 Å². The number of aliphatic hydroxyl groups is 1. The Bertz CT molecular complexity index is 490. The van der Waals surface area contributed by atoms with Crippen molar-refractivity contribution in [3.63, 3.8) is 0 Å². The quantitative estimate of drug-likeness (QED) is 0.848. The summed E-state index contributed by atoms with van der Waals surface area (Å²) in [6, 6.07) is 9.95. The Balaban J connectivity index is 1.82. The molecule has 0 amide bonds. The van der Waals surface area contributed by atoms with E-state index < -0.39 is 6.10 Å². The summed E-state index contributed by atoms with van der Waals surface area (Å²) in [4.78, 5) is 3.89. The number of pyridine rings is 1. The second-order valence-electron chi connectivity index (χ2n) is 4.06. The zero-order chi connectivity index (χ0) is 12.8. The van der Waals surface area contributed by atoms with Crippen LogP contribution in [0.25, 0.3) is 0 Å². The molecule has 4 heteroatoms. The van der Waals surface area contributed by atoms with Gasteiger partial charge >= 0.3 is 0 Å². The van der Waals surface area contributed by atoms with Gasteiger partial charge in [-0.3, -0.25) is 4.98 Å². The zero-order valence-corrected chi connectivity index (χ0v) is 9.88. The summed E-state index contributed by atoms with van der Waals surface area (Å²) >= 11 is 0. The van der Waals surface area contributed by atoms with Crippen LogP contribution in [0.15, 0.2) is 48.8 Å². The maximum absolute atomic E-state index is 12.9. The molecule has 2 aromatic rings. The lowest BCUT2D eigenvalue weighted by Crippen LogP contribution is -2.21. The molecule has 1 atom stereocenters. The van der Waals surface area contributed by atoms with Crippen LogP contribution >= 0.6 is 0 Å². The number of hydrogen-bond donors (Lipinski definition) is 2. The van der Waals surface area contributed by atoms with Crippen molar-refractivity contribution < 1.29 is 9.50 Å². The predicted molar refractivity (Wildman–Crippen MR) is 67.3 cm³/mol. The van der Waals surface area contributed by atoms with Gasteiger partial charge in [0.2, 0.25) is 0 Å². The van der Waals surface area contributed by atoms with E-state index >= 15 is 0 Å².